The summed E-state index contributed by atoms with van der Waals surface area (Å²) in [4.78, 5) is 0. The van der Waals surface area contributed by atoms with E-state index < -0.39 is 31.1 Å². The van der Waals surface area contributed by atoms with E-state index in [4.69, 9.17) is 28.0 Å². The maximum absolute atomic E-state index is 12.2. The highest BCUT2D eigenvalue weighted by molar-refractivity contribution is 7.54. The summed E-state index contributed by atoms with van der Waals surface area (Å²) >= 11 is 0. The van der Waals surface area contributed by atoms with E-state index in [1.807, 2.05) is 0 Å². The minimum absolute atomic E-state index is 0.0544. The molecule has 1 rings (SSSR count). The average molecular weight is 314 g/mol. The molecule has 0 saturated carbocycles. The first-order valence-corrected chi connectivity index (χ1v) is 7.64. The molecule has 1 saturated heterocycles. The van der Waals surface area contributed by atoms with Crippen LogP contribution in [0.15, 0.2) is 0 Å². The third-order valence-electron chi connectivity index (χ3n) is 3.67. The zero-order valence-corrected chi connectivity index (χ0v) is 13.5. The molecule has 0 unspecified atom stereocenters. The number of aliphatic hydroxyl groups is 1. The summed E-state index contributed by atoms with van der Waals surface area (Å²) in [6, 6.07) is 0. The molecule has 1 fully saturated rings. The zero-order chi connectivity index (χ0) is 15.6. The minimum atomic E-state index is -3.70. The summed E-state index contributed by atoms with van der Waals surface area (Å²) in [6.07, 6.45) is -0.950. The molecule has 0 aromatic heterocycles. The van der Waals surface area contributed by atoms with Crippen molar-refractivity contribution in [2.24, 2.45) is 0 Å². The van der Waals surface area contributed by atoms with E-state index in [9.17, 15) is 9.67 Å². The molecule has 1 aliphatic rings. The summed E-state index contributed by atoms with van der Waals surface area (Å²) in [5.41, 5.74) is 0. The predicted molar refractivity (Wildman–Crippen MR) is 69.3 cm³/mol. The molecule has 8 nitrogen and oxygen atoms in total. The highest BCUT2D eigenvalue weighted by Gasteiger charge is 2.56. The maximum Gasteiger partial charge on any atom is 0.361 e. The molecule has 0 bridgehead atoms. The fourth-order valence-corrected chi connectivity index (χ4v) is 3.06. The topological polar surface area (TPSA) is 92.7 Å². The average Bonchev–Trinajstić information content (AvgIpc) is 2.48. The summed E-state index contributed by atoms with van der Waals surface area (Å²) in [5.74, 6) is -3.96. The lowest BCUT2D eigenvalue weighted by Gasteiger charge is -2.49. The van der Waals surface area contributed by atoms with Gasteiger partial charge in [-0.3, -0.25) is 4.57 Å². The Morgan fingerprint density at radius 3 is 2.05 bits per heavy atom. The van der Waals surface area contributed by atoms with Crippen molar-refractivity contribution in [1.29, 1.82) is 0 Å². The molecule has 0 amide bonds. The van der Waals surface area contributed by atoms with Crippen LogP contribution in [0, 0.1) is 0 Å². The van der Waals surface area contributed by atoms with Crippen molar-refractivity contribution in [3.05, 3.63) is 0 Å². The Morgan fingerprint density at radius 1 is 1.15 bits per heavy atom. The van der Waals surface area contributed by atoms with Gasteiger partial charge in [-0.2, -0.15) is 0 Å². The summed E-state index contributed by atoms with van der Waals surface area (Å²) in [5, 5.41) is 10.1. The Bertz CT molecular complexity index is 369. The molecule has 1 heterocycles. The first kappa shape index (κ1) is 18.0. The van der Waals surface area contributed by atoms with Gasteiger partial charge in [-0.1, -0.05) is 0 Å². The van der Waals surface area contributed by atoms with Crippen LogP contribution >= 0.6 is 7.60 Å². The van der Waals surface area contributed by atoms with Gasteiger partial charge in [0, 0.05) is 28.4 Å². The quantitative estimate of drug-likeness (QED) is 0.724. The molecule has 1 N–H and O–H groups in total. The van der Waals surface area contributed by atoms with Crippen molar-refractivity contribution in [3.8, 4) is 0 Å². The van der Waals surface area contributed by atoms with Gasteiger partial charge in [0.25, 0.3) is 0 Å². The number of methoxy groups -OCH3 is 2. The van der Waals surface area contributed by atoms with Crippen LogP contribution in [0.1, 0.15) is 13.8 Å². The largest absolute Gasteiger partial charge is 0.378 e. The first-order chi connectivity index (χ1) is 9.22. The van der Waals surface area contributed by atoms with Crippen LogP contribution in [-0.2, 0) is 32.6 Å². The lowest BCUT2D eigenvalue weighted by molar-refractivity contribution is -0.434. The summed E-state index contributed by atoms with van der Waals surface area (Å²) < 4.78 is 43.5. The SMILES string of the molecule is CO[C@]1(C)OC[C@H]([C@H](O)P(=O)(OC)OC)O[C@@]1(C)OC. The van der Waals surface area contributed by atoms with Crippen LogP contribution < -0.4 is 0 Å². The standard InChI is InChI=1S/C11H23O8P/c1-10(14-3)11(2,15-4)19-8(7-18-10)9(12)20(13,16-5)17-6/h8-9,12H,7H2,1-6H3/t8-,9-,10-,11-/m1/s1. The fourth-order valence-electron chi connectivity index (χ4n) is 1.92. The Morgan fingerprint density at radius 2 is 1.65 bits per heavy atom. The van der Waals surface area contributed by atoms with Crippen molar-refractivity contribution in [2.45, 2.75) is 37.4 Å². The normalized spacial score (nSPS) is 36.9. The molecule has 9 heteroatoms. The second-order valence-electron chi connectivity index (χ2n) is 4.59. The number of hydrogen-bond donors (Lipinski definition) is 1. The van der Waals surface area contributed by atoms with Crippen molar-refractivity contribution >= 4 is 7.60 Å². The molecule has 4 atom stereocenters. The molecule has 120 valence electrons. The smallest absolute Gasteiger partial charge is 0.361 e. The Hall–Kier alpha value is -0.0500. The zero-order valence-electron chi connectivity index (χ0n) is 12.6. The van der Waals surface area contributed by atoms with E-state index in [0.29, 0.717) is 0 Å². The van der Waals surface area contributed by atoms with Gasteiger partial charge in [0.05, 0.1) is 6.61 Å². The van der Waals surface area contributed by atoms with Crippen LogP contribution in [-0.4, -0.2) is 63.7 Å². The Labute approximate surface area is 118 Å². The second-order valence-corrected chi connectivity index (χ2v) is 6.92. The Kier molecular flexibility index (Phi) is 5.74. The third-order valence-corrected chi connectivity index (χ3v) is 5.67. The van der Waals surface area contributed by atoms with Crippen LogP contribution in [0.25, 0.3) is 0 Å². The molecule has 0 aliphatic carbocycles. The molecule has 0 spiro atoms. The fraction of sp³-hybridized carbons (Fsp3) is 1.00. The number of hydrogen-bond acceptors (Lipinski definition) is 8. The summed E-state index contributed by atoms with van der Waals surface area (Å²) in [6.45, 7) is 3.19. The minimum Gasteiger partial charge on any atom is -0.378 e. The van der Waals surface area contributed by atoms with E-state index in [-0.39, 0.29) is 6.61 Å². The molecular formula is C11H23O8P. The van der Waals surface area contributed by atoms with Crippen molar-refractivity contribution in [2.75, 3.05) is 35.0 Å². The molecule has 0 radical (unpaired) electrons. The van der Waals surface area contributed by atoms with E-state index in [0.717, 1.165) is 0 Å². The second kappa shape index (κ2) is 6.37. The highest BCUT2D eigenvalue weighted by Crippen LogP contribution is 2.53. The van der Waals surface area contributed by atoms with Gasteiger partial charge in [0.2, 0.25) is 11.6 Å². The first-order valence-electron chi connectivity index (χ1n) is 6.03. The van der Waals surface area contributed by atoms with Crippen molar-refractivity contribution in [1.82, 2.24) is 0 Å². The van der Waals surface area contributed by atoms with E-state index in [1.165, 1.54) is 28.4 Å². The van der Waals surface area contributed by atoms with Gasteiger partial charge >= 0.3 is 7.60 Å². The number of aliphatic hydroxyl groups excluding tert-OH is 1. The van der Waals surface area contributed by atoms with Gasteiger partial charge in [-0.05, 0) is 13.8 Å². The van der Waals surface area contributed by atoms with Gasteiger partial charge in [-0.15, -0.1) is 0 Å². The van der Waals surface area contributed by atoms with Crippen LogP contribution in [0.5, 0.6) is 0 Å². The lowest BCUT2D eigenvalue weighted by atomic mass is 10.1. The molecule has 20 heavy (non-hydrogen) atoms. The van der Waals surface area contributed by atoms with Crippen molar-refractivity contribution < 1.29 is 37.7 Å². The van der Waals surface area contributed by atoms with Gasteiger partial charge in [0.1, 0.15) is 6.10 Å². The highest BCUT2D eigenvalue weighted by atomic mass is 31.2. The molecular weight excluding hydrogens is 291 g/mol. The molecule has 1 aliphatic heterocycles. The molecule has 0 aromatic rings. The van der Waals surface area contributed by atoms with Crippen LogP contribution in [0.4, 0.5) is 0 Å². The van der Waals surface area contributed by atoms with Gasteiger partial charge in [-0.25, -0.2) is 0 Å². The van der Waals surface area contributed by atoms with Crippen LogP contribution in [0.2, 0.25) is 0 Å². The van der Waals surface area contributed by atoms with E-state index >= 15 is 0 Å². The summed E-state index contributed by atoms with van der Waals surface area (Å²) in [7, 11) is 1.54. The molecule has 0 aromatic carbocycles. The number of ether oxygens (including phenoxy) is 4. The third kappa shape index (κ3) is 2.93. The van der Waals surface area contributed by atoms with Crippen LogP contribution in [0.3, 0.4) is 0 Å². The predicted octanol–water partition coefficient (Wildman–Crippen LogP) is 0.931. The van der Waals surface area contributed by atoms with E-state index in [2.05, 4.69) is 0 Å². The van der Waals surface area contributed by atoms with Gasteiger partial charge < -0.3 is 33.1 Å². The van der Waals surface area contributed by atoms with Gasteiger partial charge in [0.15, 0.2) is 5.85 Å². The van der Waals surface area contributed by atoms with Crippen molar-refractivity contribution in [3.63, 3.8) is 0 Å². The Balaban J connectivity index is 2.96. The maximum atomic E-state index is 12.2. The number of rotatable bonds is 6. The lowest BCUT2D eigenvalue weighted by Crippen LogP contribution is -2.64. The van der Waals surface area contributed by atoms with E-state index in [1.54, 1.807) is 13.8 Å². The monoisotopic (exact) mass is 314 g/mol.